The van der Waals surface area contributed by atoms with Gasteiger partial charge in [0, 0.05) is 11.8 Å². The molecular formula is C8H9N3O. The van der Waals surface area contributed by atoms with Crippen molar-refractivity contribution in [3.05, 3.63) is 29.7 Å². The first-order valence-corrected chi connectivity index (χ1v) is 3.72. The molecule has 12 heavy (non-hydrogen) atoms. The quantitative estimate of drug-likeness (QED) is 0.667. The molecule has 0 atom stereocenters. The van der Waals surface area contributed by atoms with Crippen LogP contribution in [0.15, 0.2) is 18.5 Å². The van der Waals surface area contributed by atoms with Gasteiger partial charge in [-0.25, -0.2) is 9.50 Å². The lowest BCUT2D eigenvalue weighted by Crippen LogP contribution is -1.94. The molecule has 0 aliphatic rings. The van der Waals surface area contributed by atoms with Crippen molar-refractivity contribution >= 4 is 5.65 Å². The summed E-state index contributed by atoms with van der Waals surface area (Å²) in [5.74, 6) is 0. The molecule has 0 saturated heterocycles. The van der Waals surface area contributed by atoms with Gasteiger partial charge in [-0.1, -0.05) is 0 Å². The third-order valence-electron chi connectivity index (χ3n) is 1.73. The molecule has 2 rings (SSSR count). The lowest BCUT2D eigenvalue weighted by Gasteiger charge is -1.96. The summed E-state index contributed by atoms with van der Waals surface area (Å²) in [4.78, 5) is 4.22. The first-order valence-electron chi connectivity index (χ1n) is 3.72. The molecule has 0 aliphatic heterocycles. The highest BCUT2D eigenvalue weighted by molar-refractivity contribution is 5.46. The van der Waals surface area contributed by atoms with Gasteiger partial charge < -0.3 is 5.11 Å². The van der Waals surface area contributed by atoms with Crippen LogP contribution in [0.4, 0.5) is 0 Å². The van der Waals surface area contributed by atoms with Gasteiger partial charge in [-0.15, -0.1) is 0 Å². The van der Waals surface area contributed by atoms with Crippen molar-refractivity contribution in [2.75, 3.05) is 0 Å². The van der Waals surface area contributed by atoms with Crippen LogP contribution >= 0.6 is 0 Å². The number of hydrogen-bond donors (Lipinski definition) is 1. The predicted molar refractivity (Wildman–Crippen MR) is 43.6 cm³/mol. The summed E-state index contributed by atoms with van der Waals surface area (Å²) < 4.78 is 1.67. The molecule has 2 heterocycles. The average Bonchev–Trinajstić information content (AvgIpc) is 2.44. The Morgan fingerprint density at radius 2 is 2.42 bits per heavy atom. The Bertz CT molecular complexity index is 408. The highest BCUT2D eigenvalue weighted by Gasteiger charge is 2.02. The molecule has 62 valence electrons. The van der Waals surface area contributed by atoms with Crippen LogP contribution in [-0.2, 0) is 6.61 Å². The minimum absolute atomic E-state index is 0.00245. The smallest absolute Gasteiger partial charge is 0.159 e. The molecule has 4 heteroatoms. The number of imidazole rings is 1. The van der Waals surface area contributed by atoms with Crippen molar-refractivity contribution in [1.82, 2.24) is 14.6 Å². The van der Waals surface area contributed by atoms with Gasteiger partial charge >= 0.3 is 0 Å². The Labute approximate surface area is 69.5 Å². The first kappa shape index (κ1) is 7.24. The van der Waals surface area contributed by atoms with Crippen molar-refractivity contribution in [2.24, 2.45) is 0 Å². The second-order valence-corrected chi connectivity index (χ2v) is 2.67. The van der Waals surface area contributed by atoms with E-state index in [9.17, 15) is 0 Å². The summed E-state index contributed by atoms with van der Waals surface area (Å²) >= 11 is 0. The van der Waals surface area contributed by atoms with Crippen molar-refractivity contribution in [3.63, 3.8) is 0 Å². The predicted octanol–water partition coefficient (Wildman–Crippen LogP) is 0.530. The van der Waals surface area contributed by atoms with Gasteiger partial charge in [0.1, 0.15) is 0 Å². The zero-order valence-electron chi connectivity index (χ0n) is 6.73. The Kier molecular flexibility index (Phi) is 1.55. The number of hydrogen-bond acceptors (Lipinski definition) is 3. The van der Waals surface area contributed by atoms with E-state index in [-0.39, 0.29) is 6.61 Å². The molecule has 0 unspecified atom stereocenters. The molecule has 0 aliphatic carbocycles. The molecule has 0 saturated carbocycles. The fourth-order valence-electron chi connectivity index (χ4n) is 1.19. The van der Waals surface area contributed by atoms with Crippen LogP contribution in [0.3, 0.4) is 0 Å². The lowest BCUT2D eigenvalue weighted by atomic mass is 10.3. The molecule has 4 nitrogen and oxygen atoms in total. The molecule has 0 aromatic carbocycles. The molecule has 0 amide bonds. The minimum atomic E-state index is 0.00245. The summed E-state index contributed by atoms with van der Waals surface area (Å²) in [5, 5.41) is 13.0. The van der Waals surface area contributed by atoms with E-state index < -0.39 is 0 Å². The number of rotatable bonds is 1. The van der Waals surface area contributed by atoms with Gasteiger partial charge in [0.05, 0.1) is 18.5 Å². The molecule has 0 fully saturated rings. The average molecular weight is 163 g/mol. The summed E-state index contributed by atoms with van der Waals surface area (Å²) in [6, 6.07) is 1.77. The minimum Gasteiger partial charge on any atom is -0.392 e. The number of aliphatic hydroxyl groups excluding tert-OH is 1. The molecular weight excluding hydrogens is 154 g/mol. The fraction of sp³-hybridized carbons (Fsp3) is 0.250. The van der Waals surface area contributed by atoms with Gasteiger partial charge in [-0.3, -0.25) is 0 Å². The Morgan fingerprint density at radius 1 is 1.58 bits per heavy atom. The largest absolute Gasteiger partial charge is 0.392 e. The van der Waals surface area contributed by atoms with Gasteiger partial charge in [0.2, 0.25) is 0 Å². The van der Waals surface area contributed by atoms with Crippen LogP contribution in [0.25, 0.3) is 5.65 Å². The summed E-state index contributed by atoms with van der Waals surface area (Å²) in [6.45, 7) is 1.90. The highest BCUT2D eigenvalue weighted by atomic mass is 16.3. The van der Waals surface area contributed by atoms with E-state index >= 15 is 0 Å². The second-order valence-electron chi connectivity index (χ2n) is 2.67. The van der Waals surface area contributed by atoms with Gasteiger partial charge in [0.15, 0.2) is 5.65 Å². The fourth-order valence-corrected chi connectivity index (χ4v) is 1.19. The van der Waals surface area contributed by atoms with Crippen LogP contribution < -0.4 is 0 Å². The van der Waals surface area contributed by atoms with E-state index in [4.69, 9.17) is 5.11 Å². The number of aryl methyl sites for hydroxylation is 1. The zero-order chi connectivity index (χ0) is 8.55. The van der Waals surface area contributed by atoms with E-state index in [2.05, 4.69) is 10.1 Å². The van der Waals surface area contributed by atoms with Crippen molar-refractivity contribution in [3.8, 4) is 0 Å². The molecule has 0 spiro atoms. The molecule has 0 bridgehead atoms. The van der Waals surface area contributed by atoms with E-state index in [0.29, 0.717) is 0 Å². The Morgan fingerprint density at radius 3 is 3.17 bits per heavy atom. The van der Waals surface area contributed by atoms with Crippen LogP contribution in [0.2, 0.25) is 0 Å². The summed E-state index contributed by atoms with van der Waals surface area (Å²) in [7, 11) is 0. The number of fused-ring (bicyclic) bond motifs is 1. The van der Waals surface area contributed by atoms with Crippen LogP contribution in [0, 0.1) is 6.92 Å². The van der Waals surface area contributed by atoms with Gasteiger partial charge in [0.25, 0.3) is 0 Å². The highest BCUT2D eigenvalue weighted by Crippen LogP contribution is 2.08. The van der Waals surface area contributed by atoms with E-state index in [1.165, 1.54) is 0 Å². The van der Waals surface area contributed by atoms with Crippen LogP contribution in [-0.4, -0.2) is 19.7 Å². The van der Waals surface area contributed by atoms with Crippen molar-refractivity contribution in [1.29, 1.82) is 0 Å². The SMILES string of the molecule is Cc1cn2nccc(CO)c2n1. The van der Waals surface area contributed by atoms with Crippen molar-refractivity contribution < 1.29 is 5.11 Å². The van der Waals surface area contributed by atoms with Crippen LogP contribution in [0.5, 0.6) is 0 Å². The molecule has 1 N–H and O–H groups in total. The maximum absolute atomic E-state index is 8.96. The topological polar surface area (TPSA) is 50.4 Å². The standard InChI is InChI=1S/C8H9N3O/c1-6-4-11-8(10-6)7(5-12)2-3-9-11/h2-4,12H,5H2,1H3. The van der Waals surface area contributed by atoms with Crippen molar-refractivity contribution in [2.45, 2.75) is 13.5 Å². The maximum Gasteiger partial charge on any atom is 0.159 e. The Balaban J connectivity index is 2.78. The normalized spacial score (nSPS) is 10.8. The molecule has 0 radical (unpaired) electrons. The van der Waals surface area contributed by atoms with Gasteiger partial charge in [-0.2, -0.15) is 5.10 Å². The maximum atomic E-state index is 8.96. The zero-order valence-corrected chi connectivity index (χ0v) is 6.73. The number of nitrogens with zero attached hydrogens (tertiary/aromatic N) is 3. The monoisotopic (exact) mass is 163 g/mol. The third kappa shape index (κ3) is 0.967. The van der Waals surface area contributed by atoms with Gasteiger partial charge in [-0.05, 0) is 13.0 Å². The number of aromatic nitrogens is 3. The molecule has 2 aromatic rings. The molecule has 2 aromatic heterocycles. The van der Waals surface area contributed by atoms with E-state index in [0.717, 1.165) is 16.9 Å². The van der Waals surface area contributed by atoms with E-state index in [1.807, 2.05) is 13.1 Å². The third-order valence-corrected chi connectivity index (χ3v) is 1.73. The Hall–Kier alpha value is -1.42. The first-order chi connectivity index (χ1) is 5.81. The summed E-state index contributed by atoms with van der Waals surface area (Å²) in [5.41, 5.74) is 2.44. The lowest BCUT2D eigenvalue weighted by molar-refractivity contribution is 0.282. The second kappa shape index (κ2) is 2.57. The summed E-state index contributed by atoms with van der Waals surface area (Å²) in [6.07, 6.45) is 3.48. The number of aliphatic hydroxyl groups is 1. The van der Waals surface area contributed by atoms with Crippen LogP contribution in [0.1, 0.15) is 11.3 Å². The van der Waals surface area contributed by atoms with E-state index in [1.54, 1.807) is 16.8 Å².